The van der Waals surface area contributed by atoms with Crippen molar-refractivity contribution in [2.45, 2.75) is 32.7 Å². The number of nitrogens with one attached hydrogen (secondary N) is 1. The largest absolute Gasteiger partial charge is 0.369 e. The zero-order valence-corrected chi connectivity index (χ0v) is 8.04. The molecule has 0 aliphatic carbocycles. The summed E-state index contributed by atoms with van der Waals surface area (Å²) >= 11 is 0. The third kappa shape index (κ3) is 2.44. The molecule has 0 spiro atoms. The van der Waals surface area contributed by atoms with Crippen molar-refractivity contribution in [2.75, 3.05) is 0 Å². The molecule has 4 nitrogen and oxygen atoms in total. The van der Waals surface area contributed by atoms with Gasteiger partial charge in [-0.15, -0.1) is 0 Å². The van der Waals surface area contributed by atoms with Crippen molar-refractivity contribution in [1.29, 1.82) is 0 Å². The fourth-order valence-corrected chi connectivity index (χ4v) is 1.74. The minimum atomic E-state index is -0.371. The van der Waals surface area contributed by atoms with Crippen LogP contribution < -0.4 is 11.1 Å². The lowest BCUT2D eigenvalue weighted by atomic mass is 9.93. The molecular weight excluding hydrogens is 168 g/mol. The molecule has 0 aromatic heterocycles. The van der Waals surface area contributed by atoms with Crippen molar-refractivity contribution in [1.82, 2.24) is 5.32 Å². The number of nitrogens with two attached hydrogens (primary N) is 1. The maximum Gasteiger partial charge on any atom is 0.223 e. The lowest BCUT2D eigenvalue weighted by Crippen LogP contribution is -2.36. The van der Waals surface area contributed by atoms with Gasteiger partial charge in [-0.3, -0.25) is 9.59 Å². The normalized spacial score (nSPS) is 27.8. The Hall–Kier alpha value is -1.06. The predicted molar refractivity (Wildman–Crippen MR) is 48.7 cm³/mol. The zero-order valence-electron chi connectivity index (χ0n) is 8.04. The quantitative estimate of drug-likeness (QED) is 0.649. The Morgan fingerprint density at radius 1 is 1.69 bits per heavy atom. The Morgan fingerprint density at radius 2 is 2.31 bits per heavy atom. The molecule has 1 heterocycles. The summed E-state index contributed by atoms with van der Waals surface area (Å²) in [6, 6.07) is -0.0509. The van der Waals surface area contributed by atoms with E-state index in [1.807, 2.05) is 0 Å². The first-order valence-electron chi connectivity index (χ1n) is 4.59. The van der Waals surface area contributed by atoms with Crippen LogP contribution in [0.1, 0.15) is 26.7 Å². The van der Waals surface area contributed by atoms with Crippen molar-refractivity contribution >= 4 is 11.8 Å². The van der Waals surface area contributed by atoms with Crippen LogP contribution in [0.5, 0.6) is 0 Å². The van der Waals surface area contributed by atoms with Gasteiger partial charge < -0.3 is 11.1 Å². The fourth-order valence-electron chi connectivity index (χ4n) is 1.74. The van der Waals surface area contributed by atoms with E-state index in [-0.39, 0.29) is 30.2 Å². The number of primary amides is 1. The van der Waals surface area contributed by atoms with Gasteiger partial charge in [0.2, 0.25) is 11.8 Å². The van der Waals surface area contributed by atoms with Gasteiger partial charge in [-0.05, 0) is 12.3 Å². The highest BCUT2D eigenvalue weighted by Gasteiger charge is 2.36. The molecule has 1 fully saturated rings. The van der Waals surface area contributed by atoms with Crippen LogP contribution in [0.4, 0.5) is 0 Å². The molecule has 0 radical (unpaired) electrons. The number of amides is 2. The van der Waals surface area contributed by atoms with E-state index in [4.69, 9.17) is 5.73 Å². The summed E-state index contributed by atoms with van der Waals surface area (Å²) in [4.78, 5) is 22.0. The first-order valence-corrected chi connectivity index (χ1v) is 4.59. The molecule has 1 aliphatic heterocycles. The van der Waals surface area contributed by atoms with Gasteiger partial charge in [-0.1, -0.05) is 13.8 Å². The summed E-state index contributed by atoms with van der Waals surface area (Å²) in [7, 11) is 0. The highest BCUT2D eigenvalue weighted by Crippen LogP contribution is 2.21. The first-order chi connectivity index (χ1) is 6.00. The highest BCUT2D eigenvalue weighted by molar-refractivity contribution is 5.89. The molecule has 13 heavy (non-hydrogen) atoms. The number of carbonyl (C=O) groups is 2. The summed E-state index contributed by atoms with van der Waals surface area (Å²) < 4.78 is 0. The minimum Gasteiger partial charge on any atom is -0.369 e. The lowest BCUT2D eigenvalue weighted by molar-refractivity contribution is -0.124. The summed E-state index contributed by atoms with van der Waals surface area (Å²) in [5.41, 5.74) is 5.19. The van der Waals surface area contributed by atoms with E-state index in [0.717, 1.165) is 6.42 Å². The maximum absolute atomic E-state index is 11.0. The molecule has 2 amide bonds. The molecule has 2 atom stereocenters. The van der Waals surface area contributed by atoms with Gasteiger partial charge in [0.1, 0.15) is 0 Å². The van der Waals surface area contributed by atoms with E-state index >= 15 is 0 Å². The smallest absolute Gasteiger partial charge is 0.223 e. The van der Waals surface area contributed by atoms with Gasteiger partial charge in [0.25, 0.3) is 0 Å². The maximum atomic E-state index is 11.0. The van der Waals surface area contributed by atoms with E-state index in [0.29, 0.717) is 5.92 Å². The Bertz CT molecular complexity index is 226. The van der Waals surface area contributed by atoms with Crippen LogP contribution in [0, 0.1) is 11.8 Å². The first kappa shape index (κ1) is 10.0. The second-order valence-corrected chi connectivity index (χ2v) is 4.02. The van der Waals surface area contributed by atoms with Crippen molar-refractivity contribution in [3.63, 3.8) is 0 Å². The van der Waals surface area contributed by atoms with Crippen molar-refractivity contribution in [2.24, 2.45) is 17.6 Å². The lowest BCUT2D eigenvalue weighted by Gasteiger charge is -2.17. The molecule has 4 heteroatoms. The van der Waals surface area contributed by atoms with Gasteiger partial charge in [0.15, 0.2) is 0 Å². The van der Waals surface area contributed by atoms with Crippen molar-refractivity contribution < 1.29 is 9.59 Å². The second-order valence-electron chi connectivity index (χ2n) is 4.02. The Kier molecular flexibility index (Phi) is 2.90. The fraction of sp³-hybridized carbons (Fsp3) is 0.778. The minimum absolute atomic E-state index is 0.0509. The van der Waals surface area contributed by atoms with Crippen LogP contribution in [0.25, 0.3) is 0 Å². The monoisotopic (exact) mass is 184 g/mol. The molecule has 0 aromatic rings. The Morgan fingerprint density at radius 3 is 2.77 bits per heavy atom. The topological polar surface area (TPSA) is 72.2 Å². The molecule has 0 unspecified atom stereocenters. The van der Waals surface area contributed by atoms with E-state index in [1.165, 1.54) is 0 Å². The summed E-state index contributed by atoms with van der Waals surface area (Å²) in [6.45, 7) is 4.12. The highest BCUT2D eigenvalue weighted by atomic mass is 16.2. The van der Waals surface area contributed by atoms with Crippen molar-refractivity contribution in [3.8, 4) is 0 Å². The molecule has 0 bridgehead atoms. The molecule has 1 saturated heterocycles. The van der Waals surface area contributed by atoms with Crippen LogP contribution in [-0.4, -0.2) is 17.9 Å². The molecule has 3 N–H and O–H groups in total. The summed E-state index contributed by atoms with van der Waals surface area (Å²) in [5, 5.41) is 2.78. The van der Waals surface area contributed by atoms with E-state index < -0.39 is 0 Å². The van der Waals surface area contributed by atoms with Gasteiger partial charge in [-0.2, -0.15) is 0 Å². The van der Waals surface area contributed by atoms with Gasteiger partial charge >= 0.3 is 0 Å². The number of rotatable bonds is 3. The predicted octanol–water partition coefficient (Wildman–Crippen LogP) is 0.0225. The summed E-state index contributed by atoms with van der Waals surface area (Å²) in [5.74, 6) is -0.279. The van der Waals surface area contributed by atoms with Crippen molar-refractivity contribution in [3.05, 3.63) is 0 Å². The Labute approximate surface area is 77.9 Å². The van der Waals surface area contributed by atoms with E-state index in [2.05, 4.69) is 19.2 Å². The van der Waals surface area contributed by atoms with E-state index in [9.17, 15) is 9.59 Å². The molecule has 0 saturated carbocycles. The molecule has 74 valence electrons. The van der Waals surface area contributed by atoms with Crippen LogP contribution in [0.3, 0.4) is 0 Å². The number of carbonyl (C=O) groups excluding carboxylic acids is 2. The second kappa shape index (κ2) is 3.77. The van der Waals surface area contributed by atoms with Crippen LogP contribution in [0.15, 0.2) is 0 Å². The average molecular weight is 184 g/mol. The average Bonchev–Trinajstić information content (AvgIpc) is 2.29. The summed E-state index contributed by atoms with van der Waals surface area (Å²) in [6.07, 6.45) is 1.08. The third-order valence-corrected chi connectivity index (χ3v) is 2.33. The third-order valence-electron chi connectivity index (χ3n) is 2.33. The van der Waals surface area contributed by atoms with Crippen LogP contribution in [-0.2, 0) is 9.59 Å². The SMILES string of the molecule is CC(C)C[C@H]1NC(=O)C[C@@H]1C(N)=O. The molecular formula is C9H16N2O2. The number of hydrogen-bond acceptors (Lipinski definition) is 2. The standard InChI is InChI=1S/C9H16N2O2/c1-5(2)3-7-6(9(10)13)4-8(12)11-7/h5-7H,3-4H2,1-2H3,(H2,10,13)(H,11,12)/t6-,7+/m0/s1. The molecule has 1 rings (SSSR count). The molecule has 1 aliphatic rings. The van der Waals surface area contributed by atoms with E-state index in [1.54, 1.807) is 0 Å². The molecule has 0 aromatic carbocycles. The van der Waals surface area contributed by atoms with Gasteiger partial charge in [0.05, 0.1) is 5.92 Å². The van der Waals surface area contributed by atoms with Crippen LogP contribution in [0.2, 0.25) is 0 Å². The Balaban J connectivity index is 2.60. The zero-order chi connectivity index (χ0) is 10.0. The number of hydrogen-bond donors (Lipinski definition) is 2. The van der Waals surface area contributed by atoms with Gasteiger partial charge in [0, 0.05) is 12.5 Å². The van der Waals surface area contributed by atoms with Gasteiger partial charge in [-0.25, -0.2) is 0 Å². The van der Waals surface area contributed by atoms with Crippen LogP contribution >= 0.6 is 0 Å².